The van der Waals surface area contributed by atoms with Crippen molar-refractivity contribution in [3.63, 3.8) is 0 Å². The third-order valence-corrected chi connectivity index (χ3v) is 6.16. The van der Waals surface area contributed by atoms with Gasteiger partial charge in [0.15, 0.2) is 0 Å². The number of nitrogens with zero attached hydrogens (tertiary/aromatic N) is 4. The van der Waals surface area contributed by atoms with Gasteiger partial charge in [0.05, 0.1) is 17.7 Å². The van der Waals surface area contributed by atoms with Crippen molar-refractivity contribution in [1.29, 1.82) is 5.26 Å². The summed E-state index contributed by atoms with van der Waals surface area (Å²) in [5.41, 5.74) is 1.98. The molecule has 2 aliphatic rings. The standard InChI is InChI=1S/C22H29N5O/c23-14-17-2-4-18(5-3-17)15-26-10-6-20(7-11-26)25-21-12-19(13-22(21)28)16-27-9-1-8-24-27/h1-5,8-9,19-22,25,28H,6-7,10-13,15-16H2/t19?,21-,22-/m1/s1. The predicted molar refractivity (Wildman–Crippen MR) is 107 cm³/mol. The third-order valence-electron chi connectivity index (χ3n) is 6.16. The zero-order valence-corrected chi connectivity index (χ0v) is 16.2. The Hall–Kier alpha value is -2.20. The number of aromatic nitrogens is 2. The van der Waals surface area contributed by atoms with E-state index in [0.717, 1.165) is 51.9 Å². The van der Waals surface area contributed by atoms with Crippen molar-refractivity contribution >= 4 is 0 Å². The quantitative estimate of drug-likeness (QED) is 0.804. The van der Waals surface area contributed by atoms with Gasteiger partial charge in [-0.3, -0.25) is 9.58 Å². The van der Waals surface area contributed by atoms with Crippen molar-refractivity contribution in [3.8, 4) is 6.07 Å². The lowest BCUT2D eigenvalue weighted by atomic mass is 10.0. The smallest absolute Gasteiger partial charge is 0.0991 e. The van der Waals surface area contributed by atoms with E-state index in [4.69, 9.17) is 5.26 Å². The van der Waals surface area contributed by atoms with Crippen molar-refractivity contribution < 1.29 is 5.11 Å². The third kappa shape index (κ3) is 4.79. The highest BCUT2D eigenvalue weighted by molar-refractivity contribution is 5.31. The minimum absolute atomic E-state index is 0.204. The minimum Gasteiger partial charge on any atom is -0.391 e. The van der Waals surface area contributed by atoms with Crippen LogP contribution >= 0.6 is 0 Å². The van der Waals surface area contributed by atoms with Gasteiger partial charge in [-0.2, -0.15) is 10.4 Å². The number of aliphatic hydroxyl groups excluding tert-OH is 1. The molecule has 28 heavy (non-hydrogen) atoms. The van der Waals surface area contributed by atoms with Crippen LogP contribution < -0.4 is 5.32 Å². The highest BCUT2D eigenvalue weighted by atomic mass is 16.3. The van der Waals surface area contributed by atoms with E-state index in [9.17, 15) is 5.11 Å². The number of hydrogen-bond donors (Lipinski definition) is 2. The van der Waals surface area contributed by atoms with Crippen molar-refractivity contribution in [3.05, 3.63) is 53.9 Å². The summed E-state index contributed by atoms with van der Waals surface area (Å²) in [5.74, 6) is 0.490. The van der Waals surface area contributed by atoms with Gasteiger partial charge in [0.1, 0.15) is 0 Å². The Morgan fingerprint density at radius 1 is 1.18 bits per heavy atom. The number of nitrogens with one attached hydrogen (secondary N) is 1. The second kappa shape index (κ2) is 8.87. The highest BCUT2D eigenvalue weighted by Gasteiger charge is 2.34. The molecule has 6 nitrogen and oxygen atoms in total. The van der Waals surface area contributed by atoms with Crippen molar-refractivity contribution in [1.82, 2.24) is 20.0 Å². The molecule has 0 amide bonds. The second-order valence-electron chi connectivity index (χ2n) is 8.27. The first kappa shape index (κ1) is 19.1. The Balaban J connectivity index is 1.21. The second-order valence-corrected chi connectivity index (χ2v) is 8.27. The molecule has 1 aromatic carbocycles. The summed E-state index contributed by atoms with van der Waals surface area (Å²) in [7, 11) is 0. The van der Waals surface area contributed by atoms with E-state index >= 15 is 0 Å². The molecule has 4 rings (SSSR count). The topological polar surface area (TPSA) is 77.1 Å². The molecule has 2 aromatic rings. The van der Waals surface area contributed by atoms with Gasteiger partial charge in [0.25, 0.3) is 0 Å². The maximum atomic E-state index is 10.5. The molecule has 1 saturated carbocycles. The van der Waals surface area contributed by atoms with E-state index in [-0.39, 0.29) is 12.1 Å². The van der Waals surface area contributed by atoms with Gasteiger partial charge in [0, 0.05) is 37.6 Å². The van der Waals surface area contributed by atoms with Crippen LogP contribution in [0.1, 0.15) is 36.8 Å². The number of nitriles is 1. The number of benzene rings is 1. The van der Waals surface area contributed by atoms with E-state index in [2.05, 4.69) is 33.5 Å². The molecule has 6 heteroatoms. The summed E-state index contributed by atoms with van der Waals surface area (Å²) in [5, 5.41) is 27.4. The summed E-state index contributed by atoms with van der Waals surface area (Å²) >= 11 is 0. The number of aliphatic hydroxyl groups is 1. The number of rotatable bonds is 6. The Labute approximate surface area is 166 Å². The summed E-state index contributed by atoms with van der Waals surface area (Å²) in [6.07, 6.45) is 7.66. The van der Waals surface area contributed by atoms with Gasteiger partial charge in [-0.25, -0.2) is 0 Å². The van der Waals surface area contributed by atoms with Gasteiger partial charge in [-0.1, -0.05) is 12.1 Å². The lowest BCUT2D eigenvalue weighted by Gasteiger charge is -2.34. The monoisotopic (exact) mass is 379 g/mol. The highest BCUT2D eigenvalue weighted by Crippen LogP contribution is 2.28. The van der Waals surface area contributed by atoms with Crippen LogP contribution in [0.3, 0.4) is 0 Å². The summed E-state index contributed by atoms with van der Waals surface area (Å²) in [6.45, 7) is 3.97. The molecule has 2 fully saturated rings. The number of hydrogen-bond acceptors (Lipinski definition) is 5. The summed E-state index contributed by atoms with van der Waals surface area (Å²) in [6, 6.07) is 12.7. The zero-order valence-electron chi connectivity index (χ0n) is 16.2. The van der Waals surface area contributed by atoms with E-state index in [1.54, 1.807) is 0 Å². The molecular weight excluding hydrogens is 350 g/mol. The lowest BCUT2D eigenvalue weighted by Crippen LogP contribution is -2.48. The SMILES string of the molecule is N#Cc1ccc(CN2CCC(N[C@@H]3CC(Cn4cccn4)C[C@H]3O)CC2)cc1. The van der Waals surface area contributed by atoms with Crippen LogP contribution in [0, 0.1) is 17.2 Å². The molecule has 3 atom stereocenters. The average molecular weight is 380 g/mol. The largest absolute Gasteiger partial charge is 0.391 e. The first-order chi connectivity index (χ1) is 13.7. The Kier molecular flexibility index (Phi) is 6.06. The predicted octanol–water partition coefficient (Wildman–Crippen LogP) is 2.15. The van der Waals surface area contributed by atoms with Gasteiger partial charge < -0.3 is 10.4 Å². The van der Waals surface area contributed by atoms with Crippen LogP contribution in [0.2, 0.25) is 0 Å². The normalized spacial score (nSPS) is 26.4. The fraction of sp³-hybridized carbons (Fsp3) is 0.545. The van der Waals surface area contributed by atoms with Crippen LogP contribution in [0.5, 0.6) is 0 Å². The average Bonchev–Trinajstić information content (AvgIpc) is 3.34. The first-order valence-electron chi connectivity index (χ1n) is 10.3. The van der Waals surface area contributed by atoms with Crippen LogP contribution in [0.15, 0.2) is 42.7 Å². The lowest BCUT2D eigenvalue weighted by molar-refractivity contribution is 0.124. The molecule has 2 heterocycles. The van der Waals surface area contributed by atoms with Gasteiger partial charge in [0.2, 0.25) is 0 Å². The molecule has 1 aromatic heterocycles. The van der Waals surface area contributed by atoms with Crippen LogP contribution in [-0.2, 0) is 13.1 Å². The molecule has 2 N–H and O–H groups in total. The van der Waals surface area contributed by atoms with Gasteiger partial charge in [-0.05, 0) is 68.5 Å². The molecule has 1 unspecified atom stereocenters. The van der Waals surface area contributed by atoms with E-state index in [1.807, 2.05) is 35.3 Å². The fourth-order valence-corrected chi connectivity index (χ4v) is 4.62. The maximum absolute atomic E-state index is 10.5. The van der Waals surface area contributed by atoms with E-state index in [1.165, 1.54) is 5.56 Å². The van der Waals surface area contributed by atoms with Crippen molar-refractivity contribution in [2.45, 2.75) is 57.0 Å². The van der Waals surface area contributed by atoms with E-state index < -0.39 is 0 Å². The first-order valence-corrected chi connectivity index (χ1v) is 10.3. The van der Waals surface area contributed by atoms with Crippen LogP contribution in [0.4, 0.5) is 0 Å². The molecule has 0 bridgehead atoms. The molecule has 1 saturated heterocycles. The van der Waals surface area contributed by atoms with Crippen molar-refractivity contribution in [2.24, 2.45) is 5.92 Å². The summed E-state index contributed by atoms with van der Waals surface area (Å²) in [4.78, 5) is 2.48. The Morgan fingerprint density at radius 2 is 1.96 bits per heavy atom. The molecule has 1 aliphatic heterocycles. The van der Waals surface area contributed by atoms with Crippen molar-refractivity contribution in [2.75, 3.05) is 13.1 Å². The zero-order chi connectivity index (χ0) is 19.3. The molecule has 0 radical (unpaired) electrons. The van der Waals surface area contributed by atoms with Gasteiger partial charge >= 0.3 is 0 Å². The summed E-state index contributed by atoms with van der Waals surface area (Å²) < 4.78 is 1.97. The molecule has 0 spiro atoms. The minimum atomic E-state index is -0.253. The van der Waals surface area contributed by atoms with Crippen LogP contribution in [-0.4, -0.2) is 51.1 Å². The number of piperidine rings is 1. The van der Waals surface area contributed by atoms with E-state index in [0.29, 0.717) is 17.5 Å². The van der Waals surface area contributed by atoms with Crippen LogP contribution in [0.25, 0.3) is 0 Å². The van der Waals surface area contributed by atoms with Gasteiger partial charge in [-0.15, -0.1) is 0 Å². The fourth-order valence-electron chi connectivity index (χ4n) is 4.62. The molecular formula is C22H29N5O. The maximum Gasteiger partial charge on any atom is 0.0991 e. The number of likely N-dealkylation sites (tertiary alicyclic amines) is 1. The molecule has 1 aliphatic carbocycles. The Morgan fingerprint density at radius 3 is 2.64 bits per heavy atom. The Bertz CT molecular complexity index is 774. The molecule has 148 valence electrons.